The molecular weight excluding hydrogens is 1880 g/mol. The Morgan fingerprint density at radius 1 is 0.686 bits per heavy atom. The molecule has 7 atom stereocenters. The number of aromatic nitrogens is 4. The van der Waals surface area contributed by atoms with Crippen LogP contribution in [0.5, 0.6) is 0 Å². The largest absolute Gasteiger partial charge is 0.748 e. The topological polar surface area (TPSA) is 787 Å². The van der Waals surface area contributed by atoms with Crippen molar-refractivity contribution < 1.29 is 136 Å². The fourth-order valence-electron chi connectivity index (χ4n) is 14.2. The monoisotopic (exact) mass is 1990 g/mol. The fourth-order valence-corrected chi connectivity index (χ4v) is 15.9. The van der Waals surface area contributed by atoms with Crippen molar-refractivity contribution in [1.29, 1.82) is 0 Å². The number of hydrogen-bond acceptors (Lipinski definition) is 31. The minimum atomic E-state index is -4.65. The van der Waals surface area contributed by atoms with E-state index in [1.165, 1.54) is 48.7 Å². The van der Waals surface area contributed by atoms with E-state index >= 15 is 0 Å². The van der Waals surface area contributed by atoms with Gasteiger partial charge in [0, 0.05) is 109 Å². The van der Waals surface area contributed by atoms with E-state index < -0.39 is 210 Å². The quantitative estimate of drug-likeness (QED) is 0.00425. The maximum absolute atomic E-state index is 13.7. The Morgan fingerprint density at radius 3 is 1.83 bits per heavy atom. The summed E-state index contributed by atoms with van der Waals surface area (Å²) in [6.45, 7) is 10.9. The number of nitrogen functional groups attached to an aromatic ring is 1. The Hall–Kier alpha value is -14.2. The highest BCUT2D eigenvalue weighted by atomic mass is 32.2. The third kappa shape index (κ3) is 34.3. The summed E-state index contributed by atoms with van der Waals surface area (Å²) in [5, 5.41) is 66.6. The highest BCUT2D eigenvalue weighted by molar-refractivity contribution is 7.86. The molecule has 744 valence electrons. The molecule has 9 amide bonds. The summed E-state index contributed by atoms with van der Waals surface area (Å²) in [6.07, 6.45) is 4.42. The number of fused-ring (bicyclic) bond motifs is 3. The first-order valence-electron chi connectivity index (χ1n) is 41.8. The second-order valence-corrected chi connectivity index (χ2v) is 37.1. The summed E-state index contributed by atoms with van der Waals surface area (Å²) in [7, 11) is -13.3. The van der Waals surface area contributed by atoms with Gasteiger partial charge in [-0.1, -0.05) is 34.3 Å². The van der Waals surface area contributed by atoms with Crippen LogP contribution >= 0.6 is 12.6 Å². The standard InChI is InChI=1S/C43H54N4O13S3.C40H51N15O17S.CH4/c1-6-45(22-9-25-61(51,52)53)30-14-16-33-34(42(2,3)4)28-31(60-37(33)27-30)11-7-12-38-43(5,20-8-13-39(48)44-21-24-47-40(49)18-19-41(47)50)35-29-32(63(57,58)59)15-17-36(35)46(38)23-10-26-62(54,55)56;41-39(42)44-9-1-2-19(32(64)51-22(11-27(59)60)34(66)52-23(12-28(61)62)35(67)53-24(15-73)38(71)72)49-33(65)21(10-26(57)58)48-25(56)8-7-20(37(69)70)50-31(63)16-3-5-17(6-4-16)45-13-18-14-46-30-29(47-18)36(68)55-40(43)54-30;/h7,11-12,14-19,27-29H,6,8-10,13,20-26H2,1-5H3,(H3-,44,48,51,52,53,54,55,56,57,58,59);3-6,14,19-24,45,73H,1-2,7-13,15H2,(H,48,56)(H,49,65)(H,50,63)(H,51,64)(H,52,66)(H,53,67)(H,57,58)(H,59,60)(H,61,62)(H,69,70)(H,71,72)(H4,41,42,44)(H3,43,46,54,55,68);1H4. The van der Waals surface area contributed by atoms with Crippen molar-refractivity contribution in [1.82, 2.24) is 66.6 Å². The molecule has 0 bridgehead atoms. The fraction of sp³-hybridized carbons (Fsp3) is 0.429. The molecule has 1 aliphatic carbocycles. The average Bonchev–Trinajstić information content (AvgIpc) is 1.58. The first-order valence-corrected chi connectivity index (χ1v) is 47.0. The van der Waals surface area contributed by atoms with Crippen molar-refractivity contribution >= 4 is 167 Å². The molecule has 7 unspecified atom stereocenters. The molecule has 0 fully saturated rings. The number of imide groups is 1. The van der Waals surface area contributed by atoms with E-state index in [0.717, 1.165) is 33.5 Å². The van der Waals surface area contributed by atoms with Crippen LogP contribution in [0.1, 0.15) is 152 Å². The van der Waals surface area contributed by atoms with Crippen molar-refractivity contribution in [2.45, 2.75) is 178 Å². The van der Waals surface area contributed by atoms with E-state index in [1.807, 2.05) is 58.2 Å². The van der Waals surface area contributed by atoms with Gasteiger partial charge in [-0.3, -0.25) is 86.3 Å². The Balaban J connectivity index is 0.000000421. The number of thiol groups is 1. The molecule has 137 heavy (non-hydrogen) atoms. The molecule has 2 aromatic carbocycles. The Bertz CT molecular complexity index is 6120. The summed E-state index contributed by atoms with van der Waals surface area (Å²) >= 11 is 3.78. The van der Waals surface area contributed by atoms with Gasteiger partial charge < -0.3 is 99.1 Å². The molecule has 3 aliphatic heterocycles. The lowest BCUT2D eigenvalue weighted by atomic mass is 9.77. The van der Waals surface area contributed by atoms with Crippen LogP contribution < -0.4 is 80.1 Å². The predicted molar refractivity (Wildman–Crippen MR) is 495 cm³/mol. The first-order chi connectivity index (χ1) is 63.7. The van der Waals surface area contributed by atoms with Crippen LogP contribution in [0.25, 0.3) is 28.6 Å². The number of amides is 9. The van der Waals surface area contributed by atoms with E-state index in [4.69, 9.17) is 21.6 Å². The molecule has 8 rings (SSSR count). The van der Waals surface area contributed by atoms with Gasteiger partial charge >= 0.3 is 29.8 Å². The predicted octanol–water partition coefficient (Wildman–Crippen LogP) is -0.757. The van der Waals surface area contributed by atoms with Crippen molar-refractivity contribution in [3.05, 3.63) is 147 Å². The summed E-state index contributed by atoms with van der Waals surface area (Å²) in [5.74, 6) is -17.8. The number of nitrogens with two attached hydrogens (primary N) is 3. The third-order valence-corrected chi connectivity index (χ3v) is 23.7. The zero-order chi connectivity index (χ0) is 101. The molecule has 49 nitrogen and oxygen atoms in total. The maximum Gasteiger partial charge on any atom is 0.327 e. The number of aliphatic carboxylic acids is 5. The van der Waals surface area contributed by atoms with Gasteiger partial charge in [-0.2, -0.15) is 34.4 Å². The molecule has 0 radical (unpaired) electrons. The maximum atomic E-state index is 13.7. The molecular formula is C84H109N19O30S4. The lowest BCUT2D eigenvalue weighted by molar-refractivity contribution is -0.144. The number of carbonyl (C=O) groups excluding carboxylic acids is 9. The number of carboxylic acids is 5. The number of benzene rings is 3. The normalized spacial score (nSPS) is 15.5. The molecule has 4 aliphatic rings. The number of nitrogens with one attached hydrogen (secondary N) is 9. The Morgan fingerprint density at radius 2 is 1.28 bits per heavy atom. The van der Waals surface area contributed by atoms with Gasteiger partial charge in [0.1, 0.15) is 60.9 Å². The van der Waals surface area contributed by atoms with Crippen molar-refractivity contribution in [2.24, 2.45) is 16.5 Å². The van der Waals surface area contributed by atoms with Crippen LogP contribution in [0.3, 0.4) is 0 Å². The van der Waals surface area contributed by atoms with E-state index in [9.17, 15) is 136 Å². The molecule has 0 saturated carbocycles. The molecule has 0 spiro atoms. The zero-order valence-corrected chi connectivity index (χ0v) is 77.2. The minimum Gasteiger partial charge on any atom is -0.748 e. The van der Waals surface area contributed by atoms with E-state index in [2.05, 4.69) is 90.2 Å². The molecule has 22 N–H and O–H groups in total. The van der Waals surface area contributed by atoms with Crippen molar-refractivity contribution in [2.75, 3.05) is 72.5 Å². The number of nitrogens with zero attached hydrogens (tertiary/aromatic N) is 7. The molecule has 0 saturated heterocycles. The van der Waals surface area contributed by atoms with Crippen molar-refractivity contribution in [3.8, 4) is 11.3 Å². The van der Waals surface area contributed by atoms with E-state index in [0.29, 0.717) is 52.9 Å². The number of rotatable bonds is 49. The second-order valence-electron chi connectivity index (χ2n) is 32.2. The van der Waals surface area contributed by atoms with Crippen LogP contribution in [-0.2, 0) is 110 Å². The molecule has 2 aromatic heterocycles. The number of allylic oxidation sites excluding steroid dienone is 3. The van der Waals surface area contributed by atoms with Gasteiger partial charge in [-0.05, 0) is 136 Å². The van der Waals surface area contributed by atoms with Gasteiger partial charge in [-0.15, -0.1) is 0 Å². The van der Waals surface area contributed by atoms with E-state index in [1.54, 1.807) is 18.2 Å². The number of hydrogen-bond donors (Lipinski definition) is 20. The smallest absolute Gasteiger partial charge is 0.327 e. The SMILES string of the molecule is C.CC[N+](CCCS(=O)(=O)[O-])=c1ccc2c(C(C)(C)C)cc(/C=C/C=C3\N(CCCS(=O)(=O)O)c4ccc(S(=O)(=O)O)cc4C3(C)CCCC(=O)NCCN3C(=O)C=CC3=O)oc-2c1.NC(N)=NCCCC(NC(=O)C(CC(=O)O)NC(=O)CCC(NC(=O)c1ccc(NCc2cnc3nc(N)[nH]c(=O)c3n2)cc1)C(=O)O)C(=O)NC(CC(=O)O)C(=O)NC(CC(=O)O)C(=O)NC(CS)C(=O)O. The van der Waals surface area contributed by atoms with Crippen LogP contribution in [0, 0.1) is 0 Å². The minimum absolute atomic E-state index is 0. The number of anilines is 3. The first kappa shape index (κ1) is 112. The summed E-state index contributed by atoms with van der Waals surface area (Å²) < 4.78 is 110. The van der Waals surface area contributed by atoms with Crippen LogP contribution in [-0.4, -0.2) is 271 Å². The summed E-state index contributed by atoms with van der Waals surface area (Å²) in [6, 6.07) is 6.23. The number of carbonyl (C=O) groups is 14. The summed E-state index contributed by atoms with van der Waals surface area (Å²) in [5.41, 5.74) is 18.6. The lowest BCUT2D eigenvalue weighted by Gasteiger charge is -2.30. The number of aromatic amines is 1. The average molecular weight is 1990 g/mol. The lowest BCUT2D eigenvalue weighted by Crippen LogP contribution is -2.59. The van der Waals surface area contributed by atoms with Gasteiger partial charge in [0.25, 0.3) is 43.5 Å². The van der Waals surface area contributed by atoms with Gasteiger partial charge in [0.2, 0.25) is 46.7 Å². The highest BCUT2D eigenvalue weighted by Gasteiger charge is 2.45. The van der Waals surface area contributed by atoms with Crippen LogP contribution in [0.4, 0.5) is 17.3 Å². The van der Waals surface area contributed by atoms with Gasteiger partial charge in [-0.25, -0.2) is 32.6 Å². The molecule has 53 heteroatoms. The number of carboxylic acid groups (broad SMARTS) is 5. The Kier molecular flexibility index (Phi) is 40.6. The second kappa shape index (κ2) is 49.9. The van der Waals surface area contributed by atoms with Crippen LogP contribution in [0.2, 0.25) is 0 Å². The van der Waals surface area contributed by atoms with Gasteiger partial charge in [0.05, 0.1) is 64.5 Å². The van der Waals surface area contributed by atoms with Gasteiger partial charge in [0.15, 0.2) is 17.1 Å². The van der Waals surface area contributed by atoms with Crippen molar-refractivity contribution in [3.63, 3.8) is 0 Å². The Labute approximate surface area is 789 Å². The number of H-pyrrole nitrogens is 1. The summed E-state index contributed by atoms with van der Waals surface area (Å²) in [4.78, 5) is 208. The molecule has 5 heterocycles. The van der Waals surface area contributed by atoms with Crippen LogP contribution in [0.15, 0.2) is 122 Å². The number of aliphatic imine (C=N–C) groups is 1. The zero-order valence-electron chi connectivity index (χ0n) is 73.9. The third-order valence-electron chi connectivity index (χ3n) is 20.9. The highest BCUT2D eigenvalue weighted by Crippen LogP contribution is 2.52. The molecule has 4 aromatic rings. The van der Waals surface area contributed by atoms with E-state index in [-0.39, 0.29) is 124 Å². The number of guanidine groups is 1.